The van der Waals surface area contributed by atoms with Gasteiger partial charge in [0.25, 0.3) is 0 Å². The van der Waals surface area contributed by atoms with Crippen LogP contribution in [-0.4, -0.2) is 45.4 Å². The molecule has 0 aliphatic rings. The average molecular weight is 579 g/mol. The number of imidazole rings is 1. The van der Waals surface area contributed by atoms with Gasteiger partial charge in [0.2, 0.25) is 0 Å². The number of esters is 1. The van der Waals surface area contributed by atoms with Crippen LogP contribution in [0.25, 0.3) is 21.9 Å². The molecule has 4 rings (SSSR count). The lowest BCUT2D eigenvalue weighted by atomic mass is 10.2. The number of ether oxygens (including phenoxy) is 2. The van der Waals surface area contributed by atoms with Crippen molar-refractivity contribution < 1.29 is 40.2 Å². The van der Waals surface area contributed by atoms with Gasteiger partial charge in [0.15, 0.2) is 5.82 Å². The number of benzene rings is 2. The summed E-state index contributed by atoms with van der Waals surface area (Å²) in [5.74, 6) is -1.28. The molecule has 40 heavy (non-hydrogen) atoms. The van der Waals surface area contributed by atoms with E-state index in [1.54, 1.807) is 29.7 Å². The highest BCUT2D eigenvalue weighted by molar-refractivity contribution is 7.52. The third kappa shape index (κ3) is 6.98. The van der Waals surface area contributed by atoms with Crippen molar-refractivity contribution in [2.24, 2.45) is 0 Å². The standard InChI is InChI=1S/C28H36N5O6P/c1-6-36-17-24-31-25-26(22-14-10-11-15-23(22)30-27(25)29)33(24)16-19(4)38-40(35,39-21-12-8-7-9-13-21)32-20(5)28(34)37-18(2)3/h7-15,18-20H,6,16-17H2,1-5H3,(H2,29,30)(H,32,35)/t19-,20+,40+/m1/s1/i2D3,3D3,5D3. The molecule has 2 aromatic carbocycles. The number of nitrogen functional groups attached to an aromatic ring is 1. The lowest BCUT2D eigenvalue weighted by Crippen LogP contribution is -2.37. The molecule has 0 amide bonds. The molecular formula is C28H36N5O6P. The molecule has 0 spiro atoms. The first-order valence-corrected chi connectivity index (χ1v) is 13.9. The van der Waals surface area contributed by atoms with E-state index in [9.17, 15) is 9.36 Å². The number of nitrogens with zero attached hydrogens (tertiary/aromatic N) is 3. The quantitative estimate of drug-likeness (QED) is 0.160. The van der Waals surface area contributed by atoms with E-state index in [2.05, 4.69) is 15.1 Å². The minimum absolute atomic E-state index is 0.0407. The van der Waals surface area contributed by atoms with Crippen molar-refractivity contribution >= 4 is 41.5 Å². The van der Waals surface area contributed by atoms with Crippen molar-refractivity contribution in [1.82, 2.24) is 19.6 Å². The van der Waals surface area contributed by atoms with E-state index in [0.717, 1.165) is 0 Å². The molecule has 2 heterocycles. The average Bonchev–Trinajstić information content (AvgIpc) is 3.34. The molecule has 214 valence electrons. The summed E-state index contributed by atoms with van der Waals surface area (Å²) >= 11 is 0. The summed E-state index contributed by atoms with van der Waals surface area (Å²) in [5, 5.41) is 2.78. The molecular weight excluding hydrogens is 533 g/mol. The highest BCUT2D eigenvalue weighted by Crippen LogP contribution is 2.46. The molecule has 0 radical (unpaired) electrons. The number of aromatic nitrogens is 3. The highest BCUT2D eigenvalue weighted by atomic mass is 31.2. The Morgan fingerprint density at radius 1 is 1.12 bits per heavy atom. The van der Waals surface area contributed by atoms with Crippen molar-refractivity contribution in [3.63, 3.8) is 0 Å². The summed E-state index contributed by atoms with van der Waals surface area (Å²) in [5.41, 5.74) is 7.80. The Balaban J connectivity index is 1.74. The van der Waals surface area contributed by atoms with Crippen molar-refractivity contribution in [2.75, 3.05) is 12.3 Å². The lowest BCUT2D eigenvalue weighted by molar-refractivity contribution is -0.149. The normalized spacial score (nSPS) is 19.0. The summed E-state index contributed by atoms with van der Waals surface area (Å²) in [4.78, 5) is 22.3. The molecule has 0 unspecified atom stereocenters. The van der Waals surface area contributed by atoms with Gasteiger partial charge in [0, 0.05) is 24.3 Å². The van der Waals surface area contributed by atoms with Crippen molar-refractivity contribution in [1.29, 1.82) is 0 Å². The summed E-state index contributed by atoms with van der Waals surface area (Å²) in [6.45, 7) is -6.36. The van der Waals surface area contributed by atoms with E-state index in [1.165, 1.54) is 31.2 Å². The van der Waals surface area contributed by atoms with Gasteiger partial charge < -0.3 is 24.3 Å². The second-order valence-electron chi connectivity index (χ2n) is 8.68. The maximum atomic E-state index is 14.4. The van der Waals surface area contributed by atoms with Gasteiger partial charge in [-0.2, -0.15) is 5.09 Å². The third-order valence-corrected chi connectivity index (χ3v) is 7.27. The smallest absolute Gasteiger partial charge is 0.459 e. The van der Waals surface area contributed by atoms with Crippen molar-refractivity contribution in [3.05, 3.63) is 60.4 Å². The van der Waals surface area contributed by atoms with Crippen LogP contribution in [0.15, 0.2) is 54.6 Å². The summed E-state index contributed by atoms with van der Waals surface area (Å²) in [6, 6.07) is 12.2. The number of anilines is 1. The Morgan fingerprint density at radius 3 is 2.60 bits per heavy atom. The van der Waals surface area contributed by atoms with Gasteiger partial charge in [-0.05, 0) is 52.6 Å². The summed E-state index contributed by atoms with van der Waals surface area (Å²) in [6.07, 6.45) is -3.75. The lowest BCUT2D eigenvalue weighted by Gasteiger charge is -2.26. The van der Waals surface area contributed by atoms with Crippen LogP contribution in [0.1, 0.15) is 52.6 Å². The predicted octanol–water partition coefficient (Wildman–Crippen LogP) is 5.23. The summed E-state index contributed by atoms with van der Waals surface area (Å²) in [7, 11) is -4.90. The van der Waals surface area contributed by atoms with Gasteiger partial charge >= 0.3 is 13.7 Å². The number of hydrogen-bond donors (Lipinski definition) is 2. The zero-order valence-electron chi connectivity index (χ0n) is 30.9. The van der Waals surface area contributed by atoms with E-state index in [4.69, 9.17) is 36.6 Å². The van der Waals surface area contributed by atoms with Crippen LogP contribution in [-0.2, 0) is 36.5 Å². The topological polar surface area (TPSA) is 140 Å². The Kier molecular flexibility index (Phi) is 6.25. The number of carbonyl (C=O) groups excluding carboxylic acids is 1. The largest absolute Gasteiger partial charge is 0.462 e. The SMILES string of the molecule is [2H]C([2H])([2H])C(OC(=O)[C@@H](N[P@@](=O)(Oc1ccccc1)O[C@H](C)Cn1c(COCC)nc2c(N)nc3ccccc3c21)C([2H])([2H])[2H])C([2H])([2H])[2H]. The van der Waals surface area contributed by atoms with Gasteiger partial charge in [-0.25, -0.2) is 14.5 Å². The van der Waals surface area contributed by atoms with Crippen LogP contribution in [0.2, 0.25) is 0 Å². The summed E-state index contributed by atoms with van der Waals surface area (Å²) < 4.78 is 107. The van der Waals surface area contributed by atoms with Crippen molar-refractivity contribution in [2.45, 2.75) is 65.8 Å². The fraction of sp³-hybridized carbons (Fsp3) is 0.393. The van der Waals surface area contributed by atoms with E-state index < -0.39 is 52.5 Å². The molecule has 3 atom stereocenters. The van der Waals surface area contributed by atoms with E-state index in [-0.39, 0.29) is 24.7 Å². The van der Waals surface area contributed by atoms with Crippen LogP contribution in [0.5, 0.6) is 5.75 Å². The molecule has 0 fully saturated rings. The minimum atomic E-state index is -4.90. The van der Waals surface area contributed by atoms with Gasteiger partial charge in [-0.1, -0.05) is 36.4 Å². The third-order valence-electron chi connectivity index (χ3n) is 5.61. The second kappa shape index (κ2) is 12.8. The van der Waals surface area contributed by atoms with Crippen molar-refractivity contribution in [3.8, 4) is 5.75 Å². The fourth-order valence-electron chi connectivity index (χ4n) is 4.03. The molecule has 0 bridgehead atoms. The Morgan fingerprint density at radius 2 is 1.88 bits per heavy atom. The fourth-order valence-corrected chi connectivity index (χ4v) is 5.54. The molecule has 4 aromatic rings. The molecule has 2 aromatic heterocycles. The molecule has 0 aliphatic carbocycles. The first-order valence-electron chi connectivity index (χ1n) is 16.9. The molecule has 0 saturated carbocycles. The van der Waals surface area contributed by atoms with E-state index >= 15 is 0 Å². The van der Waals surface area contributed by atoms with Crippen LogP contribution in [0.3, 0.4) is 0 Å². The number of hydrogen-bond acceptors (Lipinski definition) is 9. The number of para-hydroxylation sites is 2. The second-order valence-corrected chi connectivity index (χ2v) is 10.3. The monoisotopic (exact) mass is 578 g/mol. The molecule has 3 N–H and O–H groups in total. The zero-order valence-corrected chi connectivity index (χ0v) is 22.8. The zero-order chi connectivity index (χ0) is 36.4. The first kappa shape index (κ1) is 19.6. The Hall–Kier alpha value is -3.50. The minimum Gasteiger partial charge on any atom is -0.462 e. The number of rotatable bonds is 13. The maximum absolute atomic E-state index is 14.4. The number of carbonyl (C=O) groups is 1. The number of nitrogens with one attached hydrogen (secondary N) is 1. The van der Waals surface area contributed by atoms with E-state index in [0.29, 0.717) is 34.4 Å². The molecule has 0 saturated heterocycles. The van der Waals surface area contributed by atoms with Crippen LogP contribution in [0.4, 0.5) is 5.82 Å². The van der Waals surface area contributed by atoms with Gasteiger partial charge in [-0.15, -0.1) is 0 Å². The number of fused-ring (bicyclic) bond motifs is 3. The molecule has 12 heteroatoms. The molecule has 0 aliphatic heterocycles. The van der Waals surface area contributed by atoms with Gasteiger partial charge in [0.05, 0.1) is 29.8 Å². The first-order chi connectivity index (χ1) is 22.7. The van der Waals surface area contributed by atoms with Gasteiger partial charge in [-0.3, -0.25) is 9.32 Å². The van der Waals surface area contributed by atoms with E-state index in [1.807, 2.05) is 12.1 Å². The van der Waals surface area contributed by atoms with Crippen LogP contribution < -0.4 is 15.3 Å². The highest BCUT2D eigenvalue weighted by Gasteiger charge is 2.35. The van der Waals surface area contributed by atoms with Crippen LogP contribution >= 0.6 is 7.75 Å². The number of nitrogens with two attached hydrogens (primary N) is 1. The molecule has 11 nitrogen and oxygen atoms in total. The number of pyridine rings is 1. The Bertz CT molecular complexity index is 1800. The maximum Gasteiger partial charge on any atom is 0.459 e. The Labute approximate surface area is 246 Å². The van der Waals surface area contributed by atoms with Gasteiger partial charge in [0.1, 0.15) is 29.7 Å². The van der Waals surface area contributed by atoms with Crippen LogP contribution in [0, 0.1) is 0 Å². The predicted molar refractivity (Wildman–Crippen MR) is 154 cm³/mol.